The second-order valence-electron chi connectivity index (χ2n) is 5.14. The Morgan fingerprint density at radius 3 is 2.57 bits per heavy atom. The Kier molecular flexibility index (Phi) is 3.23. The number of halogens is 3. The van der Waals surface area contributed by atoms with Crippen LogP contribution in [0.15, 0.2) is 6.07 Å². The van der Waals surface area contributed by atoms with E-state index in [1.54, 1.807) is 7.05 Å². The van der Waals surface area contributed by atoms with E-state index in [0.29, 0.717) is 16.2 Å². The number of nitrogens with zero attached hydrogens (tertiary/aromatic N) is 2. The van der Waals surface area contributed by atoms with Crippen LogP contribution in [0.4, 0.5) is 24.9 Å². The Hall–Kier alpha value is -1.57. The summed E-state index contributed by atoms with van der Waals surface area (Å²) in [6.45, 7) is 2.00. The molecule has 4 nitrogen and oxygen atoms in total. The number of fused-ring (bicyclic) bond motifs is 1. The molecule has 114 valence electrons. The highest BCUT2D eigenvalue weighted by molar-refractivity contribution is 7.18. The minimum absolute atomic E-state index is 0.0850. The first-order valence-corrected chi connectivity index (χ1v) is 7.53. The van der Waals surface area contributed by atoms with E-state index in [0.717, 1.165) is 11.3 Å². The fourth-order valence-electron chi connectivity index (χ4n) is 2.18. The van der Waals surface area contributed by atoms with Gasteiger partial charge < -0.3 is 10.6 Å². The van der Waals surface area contributed by atoms with E-state index in [-0.39, 0.29) is 18.7 Å². The molecule has 2 aromatic rings. The molecule has 8 heteroatoms. The maximum atomic E-state index is 13.1. The molecule has 1 fully saturated rings. The quantitative estimate of drug-likeness (QED) is 0.901. The van der Waals surface area contributed by atoms with Crippen molar-refractivity contribution in [3.8, 4) is 0 Å². The molecule has 2 aromatic heterocycles. The van der Waals surface area contributed by atoms with Gasteiger partial charge in [-0.15, -0.1) is 11.3 Å². The highest BCUT2D eigenvalue weighted by Gasteiger charge is 2.63. The second kappa shape index (κ2) is 4.72. The fourth-order valence-corrected chi connectivity index (χ4v) is 3.15. The van der Waals surface area contributed by atoms with Crippen LogP contribution in [0.3, 0.4) is 0 Å². The number of hydrogen-bond donors (Lipinski definition) is 2. The van der Waals surface area contributed by atoms with Gasteiger partial charge >= 0.3 is 6.18 Å². The van der Waals surface area contributed by atoms with Crippen LogP contribution in [0, 0.1) is 0 Å². The average molecular weight is 316 g/mol. The first kappa shape index (κ1) is 14.4. The zero-order valence-electron chi connectivity index (χ0n) is 11.6. The van der Waals surface area contributed by atoms with E-state index in [2.05, 4.69) is 20.6 Å². The number of hydrogen-bond acceptors (Lipinski definition) is 5. The molecule has 1 aliphatic rings. The molecule has 0 bridgehead atoms. The lowest BCUT2D eigenvalue weighted by Crippen LogP contribution is -2.39. The van der Waals surface area contributed by atoms with Crippen molar-refractivity contribution < 1.29 is 13.2 Å². The molecule has 0 amide bonds. The molecule has 3 rings (SSSR count). The third kappa shape index (κ3) is 2.41. The first-order valence-electron chi connectivity index (χ1n) is 6.71. The largest absolute Gasteiger partial charge is 0.411 e. The van der Waals surface area contributed by atoms with Crippen molar-refractivity contribution in [2.75, 3.05) is 17.7 Å². The van der Waals surface area contributed by atoms with Crippen LogP contribution >= 0.6 is 11.3 Å². The van der Waals surface area contributed by atoms with E-state index < -0.39 is 11.7 Å². The summed E-state index contributed by atoms with van der Waals surface area (Å²) in [5, 5.41) is 6.07. The molecule has 2 N–H and O–H groups in total. The van der Waals surface area contributed by atoms with Crippen molar-refractivity contribution in [3.05, 3.63) is 10.9 Å². The smallest absolute Gasteiger partial charge is 0.357 e. The van der Waals surface area contributed by atoms with Crippen LogP contribution in [-0.2, 0) is 6.42 Å². The minimum Gasteiger partial charge on any atom is -0.357 e. The van der Waals surface area contributed by atoms with E-state index in [1.807, 2.05) is 13.0 Å². The van der Waals surface area contributed by atoms with Gasteiger partial charge in [0.2, 0.25) is 5.95 Å². The van der Waals surface area contributed by atoms with Crippen LogP contribution in [-0.4, -0.2) is 28.7 Å². The maximum Gasteiger partial charge on any atom is 0.411 e. The van der Waals surface area contributed by atoms with Crippen LogP contribution in [0.25, 0.3) is 10.2 Å². The van der Waals surface area contributed by atoms with Crippen molar-refractivity contribution in [1.82, 2.24) is 9.97 Å². The number of thiophene rings is 1. The number of alkyl halides is 3. The summed E-state index contributed by atoms with van der Waals surface area (Å²) in [5.74, 6) is 0.586. The molecule has 0 aliphatic heterocycles. The Balaban J connectivity index is 2.06. The molecule has 0 aromatic carbocycles. The Morgan fingerprint density at radius 1 is 1.33 bits per heavy atom. The van der Waals surface area contributed by atoms with E-state index >= 15 is 0 Å². The van der Waals surface area contributed by atoms with Gasteiger partial charge in [0.05, 0.1) is 5.39 Å². The Bertz CT molecular complexity index is 676. The number of rotatable bonds is 4. The number of anilines is 2. The summed E-state index contributed by atoms with van der Waals surface area (Å²) in [6.07, 6.45) is -3.28. The van der Waals surface area contributed by atoms with Gasteiger partial charge in [0.25, 0.3) is 0 Å². The van der Waals surface area contributed by atoms with Gasteiger partial charge in [0.15, 0.2) is 0 Å². The Labute approximate surface area is 123 Å². The zero-order valence-corrected chi connectivity index (χ0v) is 12.5. The third-order valence-corrected chi connectivity index (χ3v) is 4.84. The SMILES string of the molecule is CCc1cc2c(NC3(C(F)(F)F)CC3)nc(NC)nc2s1. The lowest BCUT2D eigenvalue weighted by molar-refractivity contribution is -0.151. The van der Waals surface area contributed by atoms with Gasteiger partial charge in [-0.3, -0.25) is 0 Å². The standard InChI is InChI=1S/C13H15F3N4S/c1-3-7-6-8-9(18-11(17-2)19-10(8)21-7)20-12(4-5-12)13(14,15)16/h6H,3-5H2,1-2H3,(H2,17,18,19,20). The van der Waals surface area contributed by atoms with Gasteiger partial charge in [-0.1, -0.05) is 6.92 Å². The molecule has 0 unspecified atom stereocenters. The number of aromatic nitrogens is 2. The van der Waals surface area contributed by atoms with Crippen molar-refractivity contribution >= 4 is 33.3 Å². The van der Waals surface area contributed by atoms with Gasteiger partial charge in [-0.05, 0) is 25.3 Å². The lowest BCUT2D eigenvalue weighted by atomic mass is 10.2. The lowest BCUT2D eigenvalue weighted by Gasteiger charge is -2.21. The molecule has 0 spiro atoms. The van der Waals surface area contributed by atoms with Crippen molar-refractivity contribution in [1.29, 1.82) is 0 Å². The second-order valence-corrected chi connectivity index (χ2v) is 6.25. The van der Waals surface area contributed by atoms with Crippen molar-refractivity contribution in [2.24, 2.45) is 0 Å². The summed E-state index contributed by atoms with van der Waals surface area (Å²) in [6, 6.07) is 1.87. The van der Waals surface area contributed by atoms with Crippen LogP contribution in [0.1, 0.15) is 24.6 Å². The zero-order chi connectivity index (χ0) is 15.3. The van der Waals surface area contributed by atoms with E-state index in [9.17, 15) is 13.2 Å². The van der Waals surface area contributed by atoms with Crippen LogP contribution < -0.4 is 10.6 Å². The summed E-state index contributed by atoms with van der Waals surface area (Å²) in [4.78, 5) is 10.3. The van der Waals surface area contributed by atoms with Gasteiger partial charge in [-0.25, -0.2) is 4.98 Å². The Morgan fingerprint density at radius 2 is 2.05 bits per heavy atom. The van der Waals surface area contributed by atoms with Crippen LogP contribution in [0.5, 0.6) is 0 Å². The fraction of sp³-hybridized carbons (Fsp3) is 0.538. The monoisotopic (exact) mass is 316 g/mol. The molecule has 0 saturated heterocycles. The van der Waals surface area contributed by atoms with E-state index in [1.165, 1.54) is 11.3 Å². The minimum atomic E-state index is -4.27. The van der Waals surface area contributed by atoms with E-state index in [4.69, 9.17) is 0 Å². The molecule has 1 aliphatic carbocycles. The van der Waals surface area contributed by atoms with Gasteiger partial charge in [0.1, 0.15) is 16.2 Å². The molecule has 0 atom stereocenters. The number of aryl methyl sites for hydroxylation is 1. The summed E-state index contributed by atoms with van der Waals surface area (Å²) >= 11 is 1.48. The predicted molar refractivity (Wildman–Crippen MR) is 78.0 cm³/mol. The first-order chi connectivity index (χ1) is 9.88. The van der Waals surface area contributed by atoms with Crippen LogP contribution in [0.2, 0.25) is 0 Å². The topological polar surface area (TPSA) is 49.8 Å². The van der Waals surface area contributed by atoms with Gasteiger partial charge in [-0.2, -0.15) is 18.2 Å². The molecule has 1 saturated carbocycles. The highest BCUT2D eigenvalue weighted by atomic mass is 32.1. The van der Waals surface area contributed by atoms with Crippen molar-refractivity contribution in [2.45, 2.75) is 37.9 Å². The molecule has 0 radical (unpaired) electrons. The normalized spacial score (nSPS) is 17.0. The summed E-state index contributed by atoms with van der Waals surface area (Å²) < 4.78 is 39.3. The third-order valence-electron chi connectivity index (χ3n) is 3.67. The summed E-state index contributed by atoms with van der Waals surface area (Å²) in [7, 11) is 1.65. The molecular weight excluding hydrogens is 301 g/mol. The molecule has 21 heavy (non-hydrogen) atoms. The highest BCUT2D eigenvalue weighted by Crippen LogP contribution is 2.51. The maximum absolute atomic E-state index is 13.1. The predicted octanol–water partition coefficient (Wildman–Crippen LogP) is 3.80. The molecule has 2 heterocycles. The van der Waals surface area contributed by atoms with Gasteiger partial charge in [0, 0.05) is 11.9 Å². The molecular formula is C13H15F3N4S. The van der Waals surface area contributed by atoms with Crippen molar-refractivity contribution in [3.63, 3.8) is 0 Å². The number of nitrogens with one attached hydrogen (secondary N) is 2. The average Bonchev–Trinajstić information content (AvgIpc) is 3.10. The summed E-state index contributed by atoms with van der Waals surface area (Å²) in [5.41, 5.74) is -1.83.